The van der Waals surface area contributed by atoms with Crippen molar-refractivity contribution in [2.75, 3.05) is 34.0 Å². The van der Waals surface area contributed by atoms with Gasteiger partial charge in [0.2, 0.25) is 5.91 Å². The van der Waals surface area contributed by atoms with Crippen LogP contribution in [0.1, 0.15) is 26.2 Å². The summed E-state index contributed by atoms with van der Waals surface area (Å²) in [6.07, 6.45) is 10.1. The van der Waals surface area contributed by atoms with Gasteiger partial charge in [0.15, 0.2) is 0 Å². The molecule has 1 N–H and O–H groups in total. The SMILES string of the molecule is C=C/C=C(\C=C)CC(NC(=O)C(C)C(OC)C1CCCN1C)C(=NC)SC. The lowest BCUT2D eigenvalue weighted by Gasteiger charge is -2.32. The Morgan fingerprint density at radius 1 is 1.48 bits per heavy atom. The van der Waals surface area contributed by atoms with E-state index in [0.29, 0.717) is 6.42 Å². The highest BCUT2D eigenvalue weighted by Gasteiger charge is 2.36. The van der Waals surface area contributed by atoms with E-state index >= 15 is 0 Å². The fourth-order valence-electron chi connectivity index (χ4n) is 3.69. The van der Waals surface area contributed by atoms with Crippen LogP contribution in [0.2, 0.25) is 0 Å². The fraction of sp³-hybridized carbons (Fsp3) is 0.619. The summed E-state index contributed by atoms with van der Waals surface area (Å²) in [6.45, 7) is 10.6. The van der Waals surface area contributed by atoms with Crippen molar-refractivity contribution in [3.8, 4) is 0 Å². The Kier molecular flexibility index (Phi) is 10.7. The molecule has 0 aromatic heterocycles. The molecule has 0 aromatic rings. The van der Waals surface area contributed by atoms with Crippen molar-refractivity contribution < 1.29 is 9.53 Å². The summed E-state index contributed by atoms with van der Waals surface area (Å²) >= 11 is 1.55. The molecule has 1 saturated heterocycles. The van der Waals surface area contributed by atoms with Crippen LogP contribution in [0, 0.1) is 5.92 Å². The van der Waals surface area contributed by atoms with E-state index in [-0.39, 0.29) is 30.0 Å². The van der Waals surface area contributed by atoms with Crippen LogP contribution < -0.4 is 5.32 Å². The van der Waals surface area contributed by atoms with Crippen molar-refractivity contribution in [2.45, 2.75) is 44.4 Å². The lowest BCUT2D eigenvalue weighted by atomic mass is 9.94. The maximum Gasteiger partial charge on any atom is 0.226 e. The van der Waals surface area contributed by atoms with Gasteiger partial charge >= 0.3 is 0 Å². The van der Waals surface area contributed by atoms with Gasteiger partial charge < -0.3 is 15.0 Å². The van der Waals surface area contributed by atoms with Crippen molar-refractivity contribution >= 4 is 22.7 Å². The molecule has 4 unspecified atom stereocenters. The highest BCUT2D eigenvalue weighted by molar-refractivity contribution is 8.13. The molecule has 4 atom stereocenters. The number of hydrogen-bond donors (Lipinski definition) is 1. The Hall–Kier alpha value is -1.37. The van der Waals surface area contributed by atoms with Gasteiger partial charge in [-0.05, 0) is 44.7 Å². The van der Waals surface area contributed by atoms with Crippen molar-refractivity contribution in [3.63, 3.8) is 0 Å². The van der Waals surface area contributed by atoms with E-state index in [0.717, 1.165) is 30.0 Å². The molecule has 1 rings (SSSR count). The van der Waals surface area contributed by atoms with Gasteiger partial charge in [0.1, 0.15) is 0 Å². The van der Waals surface area contributed by atoms with Gasteiger partial charge in [-0.15, -0.1) is 11.8 Å². The third-order valence-electron chi connectivity index (χ3n) is 5.21. The highest BCUT2D eigenvalue weighted by atomic mass is 32.2. The minimum absolute atomic E-state index is 0.00985. The van der Waals surface area contributed by atoms with Crippen LogP contribution in [-0.2, 0) is 9.53 Å². The van der Waals surface area contributed by atoms with E-state index in [1.165, 1.54) is 0 Å². The predicted molar refractivity (Wildman–Crippen MR) is 118 cm³/mol. The average molecular weight is 394 g/mol. The van der Waals surface area contributed by atoms with Crippen molar-refractivity contribution in [1.82, 2.24) is 10.2 Å². The Morgan fingerprint density at radius 3 is 2.63 bits per heavy atom. The normalized spacial score (nSPS) is 22.2. The van der Waals surface area contributed by atoms with E-state index in [2.05, 4.69) is 35.4 Å². The molecule has 0 radical (unpaired) electrons. The maximum atomic E-state index is 13.0. The molecule has 6 heteroatoms. The second kappa shape index (κ2) is 12.2. The molecular weight excluding hydrogens is 358 g/mol. The third-order valence-corrected chi connectivity index (χ3v) is 6.10. The van der Waals surface area contributed by atoms with Crippen molar-refractivity contribution in [2.24, 2.45) is 10.9 Å². The second-order valence-electron chi connectivity index (χ2n) is 6.89. The van der Waals surface area contributed by atoms with Crippen LogP contribution in [0.4, 0.5) is 0 Å². The fourth-order valence-corrected chi connectivity index (χ4v) is 4.30. The number of hydrogen-bond acceptors (Lipinski definition) is 5. The van der Waals surface area contributed by atoms with Crippen LogP contribution in [0.15, 0.2) is 42.0 Å². The zero-order chi connectivity index (χ0) is 20.4. The largest absolute Gasteiger partial charge is 0.379 e. The van der Waals surface area contributed by atoms with Crippen LogP contribution >= 0.6 is 11.8 Å². The monoisotopic (exact) mass is 393 g/mol. The Balaban J connectivity index is 2.94. The number of ether oxygens (including phenoxy) is 1. The summed E-state index contributed by atoms with van der Waals surface area (Å²) in [4.78, 5) is 19.7. The molecule has 0 spiro atoms. The highest BCUT2D eigenvalue weighted by Crippen LogP contribution is 2.25. The molecule has 5 nitrogen and oxygen atoms in total. The number of nitrogens with zero attached hydrogens (tertiary/aromatic N) is 2. The molecule has 1 aliphatic heterocycles. The Labute approximate surface area is 169 Å². The van der Waals surface area contributed by atoms with Crippen LogP contribution in [0.25, 0.3) is 0 Å². The number of carbonyl (C=O) groups is 1. The van der Waals surface area contributed by atoms with E-state index in [1.807, 2.05) is 19.3 Å². The number of nitrogens with one attached hydrogen (secondary N) is 1. The number of allylic oxidation sites excluding steroid dienone is 3. The molecule has 0 saturated carbocycles. The molecule has 0 aliphatic carbocycles. The minimum atomic E-state index is -0.251. The lowest BCUT2D eigenvalue weighted by Crippen LogP contribution is -2.50. The topological polar surface area (TPSA) is 53.9 Å². The number of aliphatic imine (C=N–C) groups is 1. The summed E-state index contributed by atoms with van der Waals surface area (Å²) in [6, 6.07) is 0.0847. The molecule has 1 fully saturated rings. The first-order valence-corrected chi connectivity index (χ1v) is 10.6. The van der Waals surface area contributed by atoms with Crippen LogP contribution in [0.5, 0.6) is 0 Å². The second-order valence-corrected chi connectivity index (χ2v) is 7.72. The summed E-state index contributed by atoms with van der Waals surface area (Å²) < 4.78 is 5.74. The average Bonchev–Trinajstić information content (AvgIpc) is 3.08. The first-order chi connectivity index (χ1) is 12.9. The number of methoxy groups -OCH3 is 1. The van der Waals surface area contributed by atoms with E-state index in [1.54, 1.807) is 38.1 Å². The Morgan fingerprint density at radius 2 is 2.19 bits per heavy atom. The number of carbonyl (C=O) groups excluding carboxylic acids is 1. The summed E-state index contributed by atoms with van der Waals surface area (Å²) in [5.41, 5.74) is 1.01. The molecule has 27 heavy (non-hydrogen) atoms. The molecule has 0 aromatic carbocycles. The molecule has 152 valence electrons. The van der Waals surface area contributed by atoms with Gasteiger partial charge in [-0.3, -0.25) is 9.79 Å². The standard InChI is InChI=1S/C21H35N3O2S/c1-8-11-16(9-2)14-17(21(22-4)27-7)23-20(25)15(3)19(26-6)18-12-10-13-24(18)5/h8-9,11,15,17-19H,1-2,10,12-14H2,3-7H3,(H,23,25)/b16-11+,22-21?. The van der Waals surface area contributed by atoms with E-state index in [4.69, 9.17) is 4.74 Å². The van der Waals surface area contributed by atoms with Crippen LogP contribution in [-0.4, -0.2) is 68.0 Å². The lowest BCUT2D eigenvalue weighted by molar-refractivity contribution is -0.130. The number of likely N-dealkylation sites (N-methyl/N-ethyl adjacent to an activating group) is 1. The zero-order valence-electron chi connectivity index (χ0n) is 17.4. The van der Waals surface area contributed by atoms with Gasteiger partial charge in [-0.2, -0.15) is 0 Å². The van der Waals surface area contributed by atoms with Crippen molar-refractivity contribution in [1.29, 1.82) is 0 Å². The van der Waals surface area contributed by atoms with Gasteiger partial charge in [0.25, 0.3) is 0 Å². The smallest absolute Gasteiger partial charge is 0.226 e. The molecular formula is C21H35N3O2S. The van der Waals surface area contributed by atoms with Crippen molar-refractivity contribution in [3.05, 3.63) is 37.0 Å². The quantitative estimate of drug-likeness (QED) is 0.351. The predicted octanol–water partition coefficient (Wildman–Crippen LogP) is 3.30. The first-order valence-electron chi connectivity index (χ1n) is 9.41. The number of rotatable bonds is 10. The molecule has 1 aliphatic rings. The van der Waals surface area contributed by atoms with E-state index < -0.39 is 0 Å². The number of likely N-dealkylation sites (tertiary alicyclic amines) is 1. The maximum absolute atomic E-state index is 13.0. The van der Waals surface area contributed by atoms with Gasteiger partial charge in [0.05, 0.1) is 23.1 Å². The first kappa shape index (κ1) is 23.7. The summed E-state index contributed by atoms with van der Waals surface area (Å²) in [7, 11) is 5.55. The van der Waals surface area contributed by atoms with Crippen LogP contribution in [0.3, 0.4) is 0 Å². The molecule has 1 amide bonds. The summed E-state index contributed by atoms with van der Waals surface area (Å²) in [5.74, 6) is -0.261. The minimum Gasteiger partial charge on any atom is -0.379 e. The number of amides is 1. The van der Waals surface area contributed by atoms with Gasteiger partial charge in [0, 0.05) is 20.2 Å². The third kappa shape index (κ3) is 6.63. The number of thioether (sulfide) groups is 1. The summed E-state index contributed by atoms with van der Waals surface area (Å²) in [5, 5.41) is 4.07. The molecule has 1 heterocycles. The molecule has 0 bridgehead atoms. The van der Waals surface area contributed by atoms with Gasteiger partial charge in [-0.25, -0.2) is 0 Å². The van der Waals surface area contributed by atoms with Gasteiger partial charge in [-0.1, -0.05) is 38.3 Å². The zero-order valence-corrected chi connectivity index (χ0v) is 18.2. The van der Waals surface area contributed by atoms with E-state index in [9.17, 15) is 4.79 Å². The Bertz CT molecular complexity index is 574.